The maximum atomic E-state index is 13.9. The SMILES string of the molecule is Cc1cc(C)cc(CN2CCN(c3ccccc3F)CC2)c1. The number of halogens is 1. The van der Waals surface area contributed by atoms with Gasteiger partial charge in [0.05, 0.1) is 5.69 Å². The fourth-order valence-electron chi connectivity index (χ4n) is 3.27. The Balaban J connectivity index is 1.61. The molecular weight excluding hydrogens is 275 g/mol. The molecule has 3 rings (SSSR count). The molecule has 1 aliphatic heterocycles. The second-order valence-corrected chi connectivity index (χ2v) is 6.21. The summed E-state index contributed by atoms with van der Waals surface area (Å²) in [5, 5.41) is 0. The van der Waals surface area contributed by atoms with Crippen LogP contribution in [0.1, 0.15) is 16.7 Å². The standard InChI is InChI=1S/C19H23FN2/c1-15-11-16(2)13-17(12-15)14-21-7-9-22(10-8-21)19-6-4-3-5-18(19)20/h3-6,11-13H,7-10,14H2,1-2H3. The second kappa shape index (κ2) is 6.49. The molecule has 22 heavy (non-hydrogen) atoms. The number of benzene rings is 2. The topological polar surface area (TPSA) is 6.48 Å². The molecule has 0 aliphatic carbocycles. The average Bonchev–Trinajstić information content (AvgIpc) is 2.48. The molecule has 1 aliphatic rings. The van der Waals surface area contributed by atoms with Crippen molar-refractivity contribution < 1.29 is 4.39 Å². The van der Waals surface area contributed by atoms with Gasteiger partial charge >= 0.3 is 0 Å². The Labute approximate surface area is 132 Å². The normalized spacial score (nSPS) is 16.0. The Kier molecular flexibility index (Phi) is 4.44. The highest BCUT2D eigenvalue weighted by Crippen LogP contribution is 2.21. The van der Waals surface area contributed by atoms with E-state index in [0.717, 1.165) is 38.4 Å². The van der Waals surface area contributed by atoms with Gasteiger partial charge in [-0.15, -0.1) is 0 Å². The van der Waals surface area contributed by atoms with Crippen LogP contribution in [0.15, 0.2) is 42.5 Å². The van der Waals surface area contributed by atoms with Gasteiger partial charge in [0.25, 0.3) is 0 Å². The quantitative estimate of drug-likeness (QED) is 0.851. The highest BCUT2D eigenvalue weighted by molar-refractivity contribution is 5.48. The van der Waals surface area contributed by atoms with Gasteiger partial charge in [0, 0.05) is 32.7 Å². The van der Waals surface area contributed by atoms with E-state index >= 15 is 0 Å². The fraction of sp³-hybridized carbons (Fsp3) is 0.368. The molecule has 2 aromatic rings. The lowest BCUT2D eigenvalue weighted by atomic mass is 10.1. The minimum absolute atomic E-state index is 0.120. The Morgan fingerprint density at radius 1 is 0.909 bits per heavy atom. The molecule has 0 unspecified atom stereocenters. The summed E-state index contributed by atoms with van der Waals surface area (Å²) in [6.45, 7) is 8.98. The largest absolute Gasteiger partial charge is 0.367 e. The number of hydrogen-bond donors (Lipinski definition) is 0. The summed E-state index contributed by atoms with van der Waals surface area (Å²) in [6, 6.07) is 13.8. The van der Waals surface area contributed by atoms with E-state index in [0.29, 0.717) is 0 Å². The lowest BCUT2D eigenvalue weighted by molar-refractivity contribution is 0.249. The van der Waals surface area contributed by atoms with Crippen LogP contribution in [0.25, 0.3) is 0 Å². The van der Waals surface area contributed by atoms with Crippen LogP contribution in [0.4, 0.5) is 10.1 Å². The number of aryl methyl sites for hydroxylation is 2. The number of hydrogen-bond acceptors (Lipinski definition) is 2. The molecule has 0 N–H and O–H groups in total. The van der Waals surface area contributed by atoms with Crippen LogP contribution >= 0.6 is 0 Å². The first-order valence-corrected chi connectivity index (χ1v) is 7.91. The molecule has 1 fully saturated rings. The molecule has 0 amide bonds. The molecule has 1 heterocycles. The Hall–Kier alpha value is -1.87. The van der Waals surface area contributed by atoms with E-state index in [-0.39, 0.29) is 5.82 Å². The summed E-state index contributed by atoms with van der Waals surface area (Å²) in [7, 11) is 0. The zero-order chi connectivity index (χ0) is 15.5. The average molecular weight is 298 g/mol. The van der Waals surface area contributed by atoms with Crippen molar-refractivity contribution in [3.63, 3.8) is 0 Å². The summed E-state index contributed by atoms with van der Waals surface area (Å²) >= 11 is 0. The molecule has 0 aromatic heterocycles. The molecule has 0 saturated carbocycles. The number of para-hydroxylation sites is 1. The summed E-state index contributed by atoms with van der Waals surface area (Å²) < 4.78 is 13.9. The molecule has 1 saturated heterocycles. The van der Waals surface area contributed by atoms with E-state index in [2.05, 4.69) is 41.8 Å². The molecule has 2 nitrogen and oxygen atoms in total. The lowest BCUT2D eigenvalue weighted by Gasteiger charge is -2.36. The monoisotopic (exact) mass is 298 g/mol. The predicted molar refractivity (Wildman–Crippen MR) is 89.8 cm³/mol. The highest BCUT2D eigenvalue weighted by Gasteiger charge is 2.19. The van der Waals surface area contributed by atoms with Gasteiger partial charge in [0.2, 0.25) is 0 Å². The van der Waals surface area contributed by atoms with Crippen molar-refractivity contribution in [2.24, 2.45) is 0 Å². The number of rotatable bonds is 3. The Morgan fingerprint density at radius 3 is 2.18 bits per heavy atom. The molecule has 2 aromatic carbocycles. The van der Waals surface area contributed by atoms with Crippen molar-refractivity contribution in [2.75, 3.05) is 31.1 Å². The third-order valence-corrected chi connectivity index (χ3v) is 4.25. The molecule has 0 bridgehead atoms. The van der Waals surface area contributed by atoms with Crippen molar-refractivity contribution in [1.82, 2.24) is 4.90 Å². The first-order chi connectivity index (χ1) is 10.6. The van der Waals surface area contributed by atoms with E-state index in [9.17, 15) is 4.39 Å². The van der Waals surface area contributed by atoms with Crippen LogP contribution < -0.4 is 4.90 Å². The predicted octanol–water partition coefficient (Wildman–Crippen LogP) is 3.76. The highest BCUT2D eigenvalue weighted by atomic mass is 19.1. The van der Waals surface area contributed by atoms with Gasteiger partial charge in [-0.1, -0.05) is 41.5 Å². The van der Waals surface area contributed by atoms with Gasteiger partial charge in [0.15, 0.2) is 0 Å². The summed E-state index contributed by atoms with van der Waals surface area (Å²) in [4.78, 5) is 4.60. The van der Waals surface area contributed by atoms with Crippen molar-refractivity contribution in [3.05, 3.63) is 65.0 Å². The number of piperazine rings is 1. The lowest BCUT2D eigenvalue weighted by Crippen LogP contribution is -2.46. The van der Waals surface area contributed by atoms with Crippen LogP contribution in [-0.2, 0) is 6.54 Å². The molecule has 3 heteroatoms. The van der Waals surface area contributed by atoms with Crippen molar-refractivity contribution in [1.29, 1.82) is 0 Å². The van der Waals surface area contributed by atoms with Gasteiger partial charge < -0.3 is 4.90 Å². The first kappa shape index (κ1) is 15.0. The van der Waals surface area contributed by atoms with Gasteiger partial charge in [-0.3, -0.25) is 4.90 Å². The summed E-state index contributed by atoms with van der Waals surface area (Å²) in [5.74, 6) is -0.120. The van der Waals surface area contributed by atoms with Crippen molar-refractivity contribution in [2.45, 2.75) is 20.4 Å². The molecular formula is C19H23FN2. The zero-order valence-electron chi connectivity index (χ0n) is 13.3. The molecule has 116 valence electrons. The van der Waals surface area contributed by atoms with Gasteiger partial charge in [-0.05, 0) is 31.5 Å². The van der Waals surface area contributed by atoms with E-state index in [1.807, 2.05) is 12.1 Å². The molecule has 0 atom stereocenters. The Bertz CT molecular complexity index is 625. The van der Waals surface area contributed by atoms with Crippen molar-refractivity contribution in [3.8, 4) is 0 Å². The van der Waals surface area contributed by atoms with Crippen molar-refractivity contribution >= 4 is 5.69 Å². The smallest absolute Gasteiger partial charge is 0.146 e. The Morgan fingerprint density at radius 2 is 1.55 bits per heavy atom. The van der Waals surface area contributed by atoms with Gasteiger partial charge in [0.1, 0.15) is 5.82 Å². The minimum Gasteiger partial charge on any atom is -0.367 e. The maximum absolute atomic E-state index is 13.9. The van der Waals surface area contributed by atoms with Gasteiger partial charge in [-0.2, -0.15) is 0 Å². The third kappa shape index (κ3) is 3.47. The maximum Gasteiger partial charge on any atom is 0.146 e. The first-order valence-electron chi connectivity index (χ1n) is 7.91. The number of anilines is 1. The third-order valence-electron chi connectivity index (χ3n) is 4.25. The van der Waals surface area contributed by atoms with E-state index in [1.165, 1.54) is 22.8 Å². The van der Waals surface area contributed by atoms with E-state index in [4.69, 9.17) is 0 Å². The summed E-state index contributed by atoms with van der Waals surface area (Å²) in [5.41, 5.74) is 4.74. The summed E-state index contributed by atoms with van der Waals surface area (Å²) in [6.07, 6.45) is 0. The van der Waals surface area contributed by atoms with Crippen LogP contribution in [0.5, 0.6) is 0 Å². The van der Waals surface area contributed by atoms with Crippen LogP contribution in [0.3, 0.4) is 0 Å². The minimum atomic E-state index is -0.120. The van der Waals surface area contributed by atoms with Crippen LogP contribution in [-0.4, -0.2) is 31.1 Å². The fourth-order valence-corrected chi connectivity index (χ4v) is 3.27. The number of nitrogens with zero attached hydrogens (tertiary/aromatic N) is 2. The molecule has 0 spiro atoms. The second-order valence-electron chi connectivity index (χ2n) is 6.21. The van der Waals surface area contributed by atoms with Gasteiger partial charge in [-0.25, -0.2) is 4.39 Å². The van der Waals surface area contributed by atoms with Crippen LogP contribution in [0.2, 0.25) is 0 Å². The zero-order valence-corrected chi connectivity index (χ0v) is 13.3. The van der Waals surface area contributed by atoms with Crippen LogP contribution in [0, 0.1) is 19.7 Å². The van der Waals surface area contributed by atoms with E-state index < -0.39 is 0 Å². The molecule has 0 radical (unpaired) electrons. The van der Waals surface area contributed by atoms with E-state index in [1.54, 1.807) is 6.07 Å².